The highest BCUT2D eigenvalue weighted by Gasteiger charge is 2.35. The van der Waals surface area contributed by atoms with E-state index >= 15 is 0 Å². The second kappa shape index (κ2) is 5.05. The second-order valence-electron chi connectivity index (χ2n) is 4.24. The van der Waals surface area contributed by atoms with Crippen LogP contribution in [0.1, 0.15) is 18.2 Å². The maximum Gasteiger partial charge on any atom is 0.301 e. The van der Waals surface area contributed by atoms with Crippen LogP contribution in [0.25, 0.3) is 0 Å². The lowest BCUT2D eigenvalue weighted by Crippen LogP contribution is -2.24. The number of ether oxygens (including phenoxy) is 2. The number of aliphatic hydroxyl groups is 2. The molecule has 7 heteroatoms. The van der Waals surface area contributed by atoms with Crippen molar-refractivity contribution >= 4 is 0 Å². The first kappa shape index (κ1) is 13.0. The van der Waals surface area contributed by atoms with E-state index < -0.39 is 18.4 Å². The van der Waals surface area contributed by atoms with Crippen LogP contribution in [0.5, 0.6) is 6.01 Å². The maximum atomic E-state index is 11.4. The topological polar surface area (TPSA) is 93.8 Å². The molecule has 1 aromatic heterocycles. The predicted molar refractivity (Wildman–Crippen MR) is 61.4 cm³/mol. The third-order valence-electron chi connectivity index (χ3n) is 2.97. The summed E-state index contributed by atoms with van der Waals surface area (Å²) in [6.07, 6.45) is 0.0134. The van der Waals surface area contributed by atoms with Crippen molar-refractivity contribution in [2.24, 2.45) is 0 Å². The summed E-state index contributed by atoms with van der Waals surface area (Å²) in [7, 11) is 1.41. The van der Waals surface area contributed by atoms with E-state index in [1.807, 2.05) is 0 Å². The second-order valence-corrected chi connectivity index (χ2v) is 4.24. The summed E-state index contributed by atoms with van der Waals surface area (Å²) in [5.74, 6) is 0. The Labute approximate surface area is 104 Å². The largest absolute Gasteiger partial charge is 0.468 e. The first-order chi connectivity index (χ1) is 8.56. The van der Waals surface area contributed by atoms with E-state index in [-0.39, 0.29) is 18.2 Å². The maximum absolute atomic E-state index is 11.4. The molecule has 0 amide bonds. The molecule has 18 heavy (non-hydrogen) atoms. The number of rotatable bonds is 3. The van der Waals surface area contributed by atoms with Crippen LogP contribution in [-0.4, -0.2) is 45.7 Å². The number of hydrogen-bond donors (Lipinski definition) is 2. The van der Waals surface area contributed by atoms with E-state index in [9.17, 15) is 9.90 Å². The van der Waals surface area contributed by atoms with Gasteiger partial charge in [-0.2, -0.15) is 4.98 Å². The van der Waals surface area contributed by atoms with Gasteiger partial charge in [0, 0.05) is 18.2 Å². The van der Waals surface area contributed by atoms with Gasteiger partial charge in [0.1, 0.15) is 12.3 Å². The minimum Gasteiger partial charge on any atom is -0.468 e. The molecule has 3 atom stereocenters. The summed E-state index contributed by atoms with van der Waals surface area (Å²) in [4.78, 5) is 15.2. The van der Waals surface area contributed by atoms with Crippen molar-refractivity contribution in [1.29, 1.82) is 0 Å². The van der Waals surface area contributed by atoms with Crippen LogP contribution in [-0.2, 0) is 4.74 Å². The van der Waals surface area contributed by atoms with Crippen LogP contribution in [0.2, 0.25) is 0 Å². The van der Waals surface area contributed by atoms with Gasteiger partial charge in [-0.3, -0.25) is 9.36 Å². The first-order valence-corrected chi connectivity index (χ1v) is 5.65. The Morgan fingerprint density at radius 2 is 2.39 bits per heavy atom. The quantitative estimate of drug-likeness (QED) is 0.735. The summed E-state index contributed by atoms with van der Waals surface area (Å²) in [5, 5.41) is 18.7. The molecule has 0 radical (unpaired) electrons. The zero-order chi connectivity index (χ0) is 13.3. The fraction of sp³-hybridized carbons (Fsp3) is 0.636. The highest BCUT2D eigenvalue weighted by Crippen LogP contribution is 2.30. The first-order valence-electron chi connectivity index (χ1n) is 5.65. The van der Waals surface area contributed by atoms with Gasteiger partial charge in [0.15, 0.2) is 0 Å². The van der Waals surface area contributed by atoms with E-state index in [2.05, 4.69) is 4.98 Å². The van der Waals surface area contributed by atoms with Crippen molar-refractivity contribution in [2.45, 2.75) is 31.8 Å². The van der Waals surface area contributed by atoms with E-state index in [1.54, 1.807) is 17.7 Å². The standard InChI is InChI=1S/C11H16N2O5/c1-6-4-13(11(17-2)12-10(6)16)9-3-7(15)8(5-14)18-9/h4,7-9,14-15H,3,5H2,1-2H3. The zero-order valence-electron chi connectivity index (χ0n) is 10.2. The van der Waals surface area contributed by atoms with Crippen LogP contribution in [0.15, 0.2) is 11.0 Å². The minimum absolute atomic E-state index is 0.126. The molecule has 2 heterocycles. The van der Waals surface area contributed by atoms with Gasteiger partial charge in [-0.05, 0) is 6.92 Å². The summed E-state index contributed by atoms with van der Waals surface area (Å²) in [6, 6.07) is 0.126. The van der Waals surface area contributed by atoms with Crippen LogP contribution < -0.4 is 10.3 Å². The van der Waals surface area contributed by atoms with Gasteiger partial charge in [-0.1, -0.05) is 0 Å². The fourth-order valence-electron chi connectivity index (χ4n) is 1.96. The van der Waals surface area contributed by atoms with Gasteiger partial charge >= 0.3 is 6.01 Å². The molecule has 1 aliphatic rings. The molecule has 1 aromatic rings. The highest BCUT2D eigenvalue weighted by molar-refractivity contribution is 5.09. The van der Waals surface area contributed by atoms with E-state index in [0.29, 0.717) is 12.0 Å². The van der Waals surface area contributed by atoms with E-state index in [4.69, 9.17) is 14.6 Å². The number of aryl methyl sites for hydroxylation is 1. The zero-order valence-corrected chi connectivity index (χ0v) is 10.2. The van der Waals surface area contributed by atoms with Gasteiger partial charge in [0.2, 0.25) is 0 Å². The van der Waals surface area contributed by atoms with Crippen molar-refractivity contribution in [3.05, 3.63) is 22.1 Å². The minimum atomic E-state index is -0.746. The van der Waals surface area contributed by atoms with Crippen molar-refractivity contribution in [2.75, 3.05) is 13.7 Å². The van der Waals surface area contributed by atoms with Gasteiger partial charge in [0.25, 0.3) is 5.56 Å². The van der Waals surface area contributed by atoms with Crippen LogP contribution >= 0.6 is 0 Å². The fourth-order valence-corrected chi connectivity index (χ4v) is 1.96. The van der Waals surface area contributed by atoms with Gasteiger partial charge in [-0.15, -0.1) is 0 Å². The summed E-state index contributed by atoms with van der Waals surface area (Å²) in [5.41, 5.74) is 0.0988. The normalized spacial score (nSPS) is 27.4. The van der Waals surface area contributed by atoms with E-state index in [1.165, 1.54) is 7.11 Å². The molecule has 0 bridgehead atoms. The number of methoxy groups -OCH3 is 1. The van der Waals surface area contributed by atoms with E-state index in [0.717, 1.165) is 0 Å². The molecule has 1 saturated heterocycles. The monoisotopic (exact) mass is 256 g/mol. The van der Waals surface area contributed by atoms with Crippen molar-refractivity contribution in [1.82, 2.24) is 9.55 Å². The molecule has 100 valence electrons. The van der Waals surface area contributed by atoms with Crippen LogP contribution in [0.3, 0.4) is 0 Å². The molecular weight excluding hydrogens is 240 g/mol. The molecule has 3 unspecified atom stereocenters. The average molecular weight is 256 g/mol. The van der Waals surface area contributed by atoms with Crippen molar-refractivity contribution in [3.8, 4) is 6.01 Å². The smallest absolute Gasteiger partial charge is 0.301 e. The third-order valence-corrected chi connectivity index (χ3v) is 2.97. The Morgan fingerprint density at radius 1 is 1.67 bits per heavy atom. The third kappa shape index (κ3) is 2.24. The molecule has 2 N–H and O–H groups in total. The lowest BCUT2D eigenvalue weighted by Gasteiger charge is -2.18. The van der Waals surface area contributed by atoms with Crippen LogP contribution in [0, 0.1) is 6.92 Å². The molecule has 0 spiro atoms. The summed E-state index contributed by atoms with van der Waals surface area (Å²) in [6.45, 7) is 1.38. The van der Waals surface area contributed by atoms with Gasteiger partial charge in [-0.25, -0.2) is 0 Å². The van der Waals surface area contributed by atoms with Crippen molar-refractivity contribution < 1.29 is 19.7 Å². The Balaban J connectivity index is 2.34. The van der Waals surface area contributed by atoms with Gasteiger partial charge < -0.3 is 19.7 Å². The number of hydrogen-bond acceptors (Lipinski definition) is 6. The molecule has 0 aliphatic carbocycles. The lowest BCUT2D eigenvalue weighted by atomic mass is 10.2. The lowest BCUT2D eigenvalue weighted by molar-refractivity contribution is -0.0470. The molecule has 7 nitrogen and oxygen atoms in total. The Hall–Kier alpha value is -1.44. The molecule has 1 fully saturated rings. The predicted octanol–water partition coefficient (Wildman–Crippen LogP) is -0.799. The Morgan fingerprint density at radius 3 is 2.94 bits per heavy atom. The number of aromatic nitrogens is 2. The molecule has 0 aromatic carbocycles. The molecule has 1 aliphatic heterocycles. The molecular formula is C11H16N2O5. The summed E-state index contributed by atoms with van der Waals surface area (Å²) < 4.78 is 12.1. The van der Waals surface area contributed by atoms with Crippen molar-refractivity contribution in [3.63, 3.8) is 0 Å². The Kier molecular flexibility index (Phi) is 3.65. The number of aliphatic hydroxyl groups excluding tert-OH is 2. The van der Waals surface area contributed by atoms with Crippen LogP contribution in [0.4, 0.5) is 0 Å². The molecule has 2 rings (SSSR count). The summed E-state index contributed by atoms with van der Waals surface area (Å²) >= 11 is 0. The average Bonchev–Trinajstić information content (AvgIpc) is 2.73. The Bertz CT molecular complexity index is 487. The molecule has 0 saturated carbocycles. The SMILES string of the molecule is COc1nc(=O)c(C)cn1C1CC(O)C(CO)O1. The van der Waals surface area contributed by atoms with Gasteiger partial charge in [0.05, 0.1) is 19.8 Å². The number of nitrogens with zero attached hydrogens (tertiary/aromatic N) is 2. The highest BCUT2D eigenvalue weighted by atomic mass is 16.5.